The van der Waals surface area contributed by atoms with Gasteiger partial charge in [-0.15, -0.1) is 0 Å². The minimum absolute atomic E-state index is 0.205. The van der Waals surface area contributed by atoms with Gasteiger partial charge in [0.25, 0.3) is 0 Å². The second kappa shape index (κ2) is 12.0. The van der Waals surface area contributed by atoms with Gasteiger partial charge in [-0.2, -0.15) is 15.0 Å². The highest BCUT2D eigenvalue weighted by Crippen LogP contribution is 2.23. The molecule has 1 fully saturated rings. The molecule has 1 aliphatic rings. The fraction of sp³-hybridized carbons (Fsp3) is 0.400. The van der Waals surface area contributed by atoms with E-state index in [9.17, 15) is 4.39 Å². The molecule has 0 aliphatic carbocycles. The Kier molecular flexibility index (Phi) is 8.54. The predicted octanol–water partition coefficient (Wildman–Crippen LogP) is 4.96. The van der Waals surface area contributed by atoms with Crippen LogP contribution in [0.15, 0.2) is 48.5 Å². The molecule has 0 atom stereocenters. The van der Waals surface area contributed by atoms with E-state index in [1.807, 2.05) is 32.0 Å². The van der Waals surface area contributed by atoms with Gasteiger partial charge in [0.2, 0.25) is 17.8 Å². The summed E-state index contributed by atoms with van der Waals surface area (Å²) in [7, 11) is 0. The average molecular weight is 500 g/mol. The Hall–Kier alpha value is -3.17. The number of nitrogens with zero attached hydrogens (tertiary/aromatic N) is 5. The third-order valence-electron chi connectivity index (χ3n) is 5.52. The van der Waals surface area contributed by atoms with Crippen molar-refractivity contribution >= 4 is 40.8 Å². The number of hydrogen-bond donors (Lipinski definition) is 2. The first kappa shape index (κ1) is 24.9. The molecule has 35 heavy (non-hydrogen) atoms. The van der Waals surface area contributed by atoms with Gasteiger partial charge in [-0.05, 0) is 62.7 Å². The lowest BCUT2D eigenvalue weighted by atomic mass is 10.2. The molecule has 1 aliphatic heterocycles. The second-order valence-corrected chi connectivity index (χ2v) is 9.00. The van der Waals surface area contributed by atoms with Gasteiger partial charge in [0, 0.05) is 55.7 Å². The number of ether oxygens (including phenoxy) is 1. The lowest BCUT2D eigenvalue weighted by Gasteiger charge is -2.36. The molecule has 0 amide bonds. The lowest BCUT2D eigenvalue weighted by molar-refractivity contribution is 0.0787. The minimum atomic E-state index is -0.296. The molecule has 1 saturated heterocycles. The Bertz CT molecular complexity index is 1090. The Balaban J connectivity index is 1.46. The SMILES string of the molecule is CC(C)OCCCNc1nc(Nc2ccc(F)cc2)nc(N2CCN(c3cccc(Cl)c3)CC2)n1. The van der Waals surface area contributed by atoms with Crippen molar-refractivity contribution in [2.24, 2.45) is 0 Å². The first-order valence-corrected chi connectivity index (χ1v) is 12.2. The number of anilines is 5. The Labute approximate surface area is 210 Å². The number of piperazine rings is 1. The van der Waals surface area contributed by atoms with Crippen molar-refractivity contribution in [2.75, 3.05) is 59.8 Å². The molecule has 4 rings (SSSR count). The fourth-order valence-corrected chi connectivity index (χ4v) is 3.92. The first-order valence-electron chi connectivity index (χ1n) is 11.9. The van der Waals surface area contributed by atoms with E-state index >= 15 is 0 Å². The van der Waals surface area contributed by atoms with Crippen LogP contribution in [-0.2, 0) is 4.74 Å². The fourth-order valence-electron chi connectivity index (χ4n) is 3.73. The van der Waals surface area contributed by atoms with Crippen LogP contribution in [0, 0.1) is 5.82 Å². The molecule has 0 unspecified atom stereocenters. The van der Waals surface area contributed by atoms with Crippen molar-refractivity contribution in [2.45, 2.75) is 26.4 Å². The summed E-state index contributed by atoms with van der Waals surface area (Å²) in [5, 5.41) is 7.17. The number of hydrogen-bond acceptors (Lipinski definition) is 8. The van der Waals surface area contributed by atoms with Crippen LogP contribution in [-0.4, -0.2) is 60.4 Å². The lowest BCUT2D eigenvalue weighted by Crippen LogP contribution is -2.47. The van der Waals surface area contributed by atoms with Gasteiger partial charge in [0.1, 0.15) is 5.82 Å². The normalized spacial score (nSPS) is 13.9. The number of rotatable bonds is 10. The smallest absolute Gasteiger partial charge is 0.233 e. The molecule has 2 N–H and O–H groups in total. The van der Waals surface area contributed by atoms with Crippen LogP contribution in [0.4, 0.5) is 33.6 Å². The second-order valence-electron chi connectivity index (χ2n) is 8.57. The van der Waals surface area contributed by atoms with Crippen LogP contribution >= 0.6 is 11.6 Å². The largest absolute Gasteiger partial charge is 0.379 e. The van der Waals surface area contributed by atoms with Crippen molar-refractivity contribution in [3.63, 3.8) is 0 Å². The number of benzene rings is 2. The molecule has 186 valence electrons. The van der Waals surface area contributed by atoms with Crippen molar-refractivity contribution in [1.82, 2.24) is 15.0 Å². The maximum absolute atomic E-state index is 13.3. The number of nitrogens with one attached hydrogen (secondary N) is 2. The number of aromatic nitrogens is 3. The third-order valence-corrected chi connectivity index (χ3v) is 5.75. The Morgan fingerprint density at radius 3 is 2.40 bits per heavy atom. The van der Waals surface area contributed by atoms with Gasteiger partial charge < -0.3 is 25.2 Å². The summed E-state index contributed by atoms with van der Waals surface area (Å²) in [4.78, 5) is 18.3. The van der Waals surface area contributed by atoms with Crippen molar-refractivity contribution < 1.29 is 9.13 Å². The quantitative estimate of drug-likeness (QED) is 0.379. The zero-order valence-electron chi connectivity index (χ0n) is 20.0. The van der Waals surface area contributed by atoms with E-state index in [2.05, 4.69) is 41.5 Å². The minimum Gasteiger partial charge on any atom is -0.379 e. The van der Waals surface area contributed by atoms with Crippen LogP contribution < -0.4 is 20.4 Å². The van der Waals surface area contributed by atoms with E-state index in [4.69, 9.17) is 16.3 Å². The van der Waals surface area contributed by atoms with Crippen molar-refractivity contribution in [1.29, 1.82) is 0 Å². The maximum atomic E-state index is 13.3. The molecule has 1 aromatic heterocycles. The molecule has 0 spiro atoms. The topological polar surface area (TPSA) is 78.4 Å². The molecule has 0 radical (unpaired) electrons. The van der Waals surface area contributed by atoms with Gasteiger partial charge in [-0.1, -0.05) is 17.7 Å². The summed E-state index contributed by atoms with van der Waals surface area (Å²) in [6.45, 7) is 8.53. The van der Waals surface area contributed by atoms with E-state index in [1.54, 1.807) is 12.1 Å². The van der Waals surface area contributed by atoms with E-state index < -0.39 is 0 Å². The summed E-state index contributed by atoms with van der Waals surface area (Å²) < 4.78 is 18.9. The van der Waals surface area contributed by atoms with Crippen LogP contribution in [0.5, 0.6) is 0 Å². The molecule has 2 aromatic carbocycles. The highest BCUT2D eigenvalue weighted by Gasteiger charge is 2.21. The summed E-state index contributed by atoms with van der Waals surface area (Å²) in [6, 6.07) is 14.0. The first-order chi connectivity index (χ1) is 17.0. The molecule has 2 heterocycles. The van der Waals surface area contributed by atoms with E-state index in [1.165, 1.54) is 12.1 Å². The monoisotopic (exact) mass is 499 g/mol. The Morgan fingerprint density at radius 1 is 0.971 bits per heavy atom. The molecular formula is C25H31ClFN7O. The van der Waals surface area contributed by atoms with Crippen LogP contribution in [0.1, 0.15) is 20.3 Å². The molecule has 3 aromatic rings. The average Bonchev–Trinajstić information content (AvgIpc) is 2.85. The molecule has 10 heteroatoms. The van der Waals surface area contributed by atoms with Gasteiger partial charge in [0.05, 0.1) is 6.10 Å². The number of halogens is 2. The Morgan fingerprint density at radius 2 is 1.69 bits per heavy atom. The summed E-state index contributed by atoms with van der Waals surface area (Å²) >= 11 is 6.17. The third kappa shape index (κ3) is 7.40. The zero-order chi connectivity index (χ0) is 24.6. The van der Waals surface area contributed by atoms with Gasteiger partial charge in [-0.3, -0.25) is 0 Å². The summed E-state index contributed by atoms with van der Waals surface area (Å²) in [6.07, 6.45) is 1.04. The van der Waals surface area contributed by atoms with Crippen molar-refractivity contribution in [3.8, 4) is 0 Å². The molecule has 0 bridgehead atoms. The van der Waals surface area contributed by atoms with Gasteiger partial charge >= 0.3 is 0 Å². The van der Waals surface area contributed by atoms with E-state index in [0.29, 0.717) is 36.7 Å². The molecular weight excluding hydrogens is 469 g/mol. The zero-order valence-corrected chi connectivity index (χ0v) is 20.8. The highest BCUT2D eigenvalue weighted by molar-refractivity contribution is 6.30. The summed E-state index contributed by atoms with van der Waals surface area (Å²) in [5.41, 5.74) is 1.81. The molecule has 8 nitrogen and oxygen atoms in total. The van der Waals surface area contributed by atoms with E-state index in [-0.39, 0.29) is 11.9 Å². The van der Waals surface area contributed by atoms with Gasteiger partial charge in [0.15, 0.2) is 0 Å². The predicted molar refractivity (Wildman–Crippen MR) is 140 cm³/mol. The van der Waals surface area contributed by atoms with Crippen LogP contribution in [0.2, 0.25) is 5.02 Å². The summed E-state index contributed by atoms with van der Waals surface area (Å²) in [5.74, 6) is 1.19. The standard InChI is InChI=1S/C25H31ClFN7O/c1-18(2)35-16-4-11-28-23-30-24(29-21-9-7-20(27)8-10-21)32-25(31-23)34-14-12-33(13-15-34)22-6-3-5-19(26)17-22/h3,5-10,17-18H,4,11-16H2,1-2H3,(H2,28,29,30,31,32). The van der Waals surface area contributed by atoms with E-state index in [0.717, 1.165) is 43.3 Å². The maximum Gasteiger partial charge on any atom is 0.233 e. The van der Waals surface area contributed by atoms with Crippen LogP contribution in [0.3, 0.4) is 0 Å². The van der Waals surface area contributed by atoms with Crippen molar-refractivity contribution in [3.05, 3.63) is 59.4 Å². The highest BCUT2D eigenvalue weighted by atomic mass is 35.5. The van der Waals surface area contributed by atoms with Gasteiger partial charge in [-0.25, -0.2) is 4.39 Å². The molecule has 0 saturated carbocycles. The van der Waals surface area contributed by atoms with Crippen LogP contribution in [0.25, 0.3) is 0 Å².